The molecular weight excluding hydrogens is 256 g/mol. The summed E-state index contributed by atoms with van der Waals surface area (Å²) in [6.07, 6.45) is 8.39. The van der Waals surface area contributed by atoms with Crippen LogP contribution in [-0.4, -0.2) is 10.9 Å². The fourth-order valence-corrected chi connectivity index (χ4v) is 1.11. The third-order valence-corrected chi connectivity index (χ3v) is 2.00. The average Bonchev–Trinajstić information content (AvgIpc) is 2.22. The molecule has 0 bridgehead atoms. The Hall–Kier alpha value is -1.42. The third kappa shape index (κ3) is 4.56. The summed E-state index contributed by atoms with van der Waals surface area (Å²) in [4.78, 5) is 15.3. The van der Waals surface area contributed by atoms with Gasteiger partial charge in [-0.3, -0.25) is 4.79 Å². The van der Waals surface area contributed by atoms with Gasteiger partial charge < -0.3 is 5.32 Å². The minimum Gasteiger partial charge on any atom is -0.307 e. The summed E-state index contributed by atoms with van der Waals surface area (Å²) in [7, 11) is 0. The molecule has 0 fully saturated rings. The van der Waals surface area contributed by atoms with Crippen molar-refractivity contribution in [3.05, 3.63) is 47.1 Å². The van der Waals surface area contributed by atoms with E-state index in [4.69, 9.17) is 0 Å². The number of anilines is 1. The Morgan fingerprint density at radius 1 is 1.47 bits per heavy atom. The van der Waals surface area contributed by atoms with Crippen LogP contribution in [-0.2, 0) is 4.79 Å². The fraction of sp³-hybridized carbons (Fsp3) is 0.0909. The molecule has 0 unspecified atom stereocenters. The van der Waals surface area contributed by atoms with Crippen molar-refractivity contribution in [2.75, 3.05) is 5.32 Å². The Labute approximate surface area is 97.0 Å². The highest BCUT2D eigenvalue weighted by Gasteiger charge is 1.97. The van der Waals surface area contributed by atoms with Gasteiger partial charge in [0.05, 0.1) is 0 Å². The number of carbonyl (C=O) groups excluding carboxylic acids is 1. The highest BCUT2D eigenvalue weighted by Crippen LogP contribution is 2.10. The van der Waals surface area contributed by atoms with E-state index < -0.39 is 0 Å². The number of nitrogens with zero attached hydrogens (tertiary/aromatic N) is 1. The van der Waals surface area contributed by atoms with Gasteiger partial charge in [0.2, 0.25) is 5.91 Å². The summed E-state index contributed by atoms with van der Waals surface area (Å²) < 4.78 is 0.880. The van der Waals surface area contributed by atoms with Crippen LogP contribution in [0.3, 0.4) is 0 Å². The zero-order valence-corrected chi connectivity index (χ0v) is 9.86. The summed E-state index contributed by atoms with van der Waals surface area (Å²) in [5, 5.41) is 2.64. The number of halogens is 1. The summed E-state index contributed by atoms with van der Waals surface area (Å²) in [6.45, 7) is 1.89. The van der Waals surface area contributed by atoms with E-state index in [0.717, 1.165) is 4.47 Å². The van der Waals surface area contributed by atoms with E-state index in [1.165, 1.54) is 6.08 Å². The topological polar surface area (TPSA) is 42.0 Å². The lowest BCUT2D eigenvalue weighted by Gasteiger charge is -1.99. The summed E-state index contributed by atoms with van der Waals surface area (Å²) in [5.41, 5.74) is 0. The smallest absolute Gasteiger partial charge is 0.249 e. The van der Waals surface area contributed by atoms with Gasteiger partial charge in [0.1, 0.15) is 5.82 Å². The van der Waals surface area contributed by atoms with Crippen LogP contribution in [0.1, 0.15) is 6.92 Å². The molecule has 1 heterocycles. The van der Waals surface area contributed by atoms with Crippen LogP contribution in [0.15, 0.2) is 47.1 Å². The maximum Gasteiger partial charge on any atom is 0.249 e. The summed E-state index contributed by atoms with van der Waals surface area (Å²) >= 11 is 3.26. The van der Waals surface area contributed by atoms with Crippen LogP contribution in [0.4, 0.5) is 5.82 Å². The van der Waals surface area contributed by atoms with Crippen LogP contribution >= 0.6 is 15.9 Å². The lowest BCUT2D eigenvalue weighted by atomic mass is 10.4. The van der Waals surface area contributed by atoms with Gasteiger partial charge in [-0.25, -0.2) is 4.98 Å². The second-order valence-corrected chi connectivity index (χ2v) is 3.65. The highest BCUT2D eigenvalue weighted by molar-refractivity contribution is 9.10. The lowest BCUT2D eigenvalue weighted by Crippen LogP contribution is -2.08. The molecule has 1 N–H and O–H groups in total. The van der Waals surface area contributed by atoms with Gasteiger partial charge in [0.25, 0.3) is 0 Å². The van der Waals surface area contributed by atoms with Crippen molar-refractivity contribution in [2.24, 2.45) is 0 Å². The van der Waals surface area contributed by atoms with Crippen LogP contribution in [0.2, 0.25) is 0 Å². The molecule has 3 nitrogen and oxygen atoms in total. The van der Waals surface area contributed by atoms with Crippen molar-refractivity contribution in [1.29, 1.82) is 0 Å². The van der Waals surface area contributed by atoms with E-state index >= 15 is 0 Å². The van der Waals surface area contributed by atoms with E-state index in [2.05, 4.69) is 26.2 Å². The molecule has 1 rings (SSSR count). The standard InChI is InChI=1S/C11H11BrN2O/c1-2-3-4-5-11(15)14-10-7-6-9(12)8-13-10/h2-8H,1H3,(H,13,14,15). The molecule has 1 aromatic heterocycles. The molecule has 0 aliphatic carbocycles. The molecule has 1 aromatic rings. The minimum atomic E-state index is -0.192. The molecule has 0 spiro atoms. The van der Waals surface area contributed by atoms with Crippen LogP contribution in [0.5, 0.6) is 0 Å². The van der Waals surface area contributed by atoms with Gasteiger partial charge in [0, 0.05) is 16.7 Å². The maximum atomic E-state index is 11.3. The van der Waals surface area contributed by atoms with Gasteiger partial charge in [-0.1, -0.05) is 18.2 Å². The molecule has 4 heteroatoms. The number of hydrogen-bond donors (Lipinski definition) is 1. The van der Waals surface area contributed by atoms with Gasteiger partial charge >= 0.3 is 0 Å². The molecule has 0 aliphatic heterocycles. The predicted molar refractivity (Wildman–Crippen MR) is 64.5 cm³/mol. The molecule has 0 aromatic carbocycles. The molecular formula is C11H11BrN2O. The van der Waals surface area contributed by atoms with Gasteiger partial charge in [-0.15, -0.1) is 0 Å². The largest absolute Gasteiger partial charge is 0.307 e. The molecule has 0 aliphatic rings. The van der Waals surface area contributed by atoms with E-state index in [9.17, 15) is 4.79 Å². The second-order valence-electron chi connectivity index (χ2n) is 2.74. The third-order valence-electron chi connectivity index (χ3n) is 1.53. The van der Waals surface area contributed by atoms with Crippen molar-refractivity contribution < 1.29 is 4.79 Å². The van der Waals surface area contributed by atoms with Crippen molar-refractivity contribution in [2.45, 2.75) is 6.92 Å². The number of aromatic nitrogens is 1. The molecule has 15 heavy (non-hydrogen) atoms. The highest BCUT2D eigenvalue weighted by atomic mass is 79.9. The van der Waals surface area contributed by atoms with E-state index in [0.29, 0.717) is 5.82 Å². The Bertz CT molecular complexity index is 382. The Morgan fingerprint density at radius 3 is 2.87 bits per heavy atom. The van der Waals surface area contributed by atoms with Crippen LogP contribution in [0, 0.1) is 0 Å². The SMILES string of the molecule is CC=CC=CC(=O)Nc1ccc(Br)cn1. The van der Waals surface area contributed by atoms with E-state index in [-0.39, 0.29) is 5.91 Å². The zero-order valence-electron chi connectivity index (χ0n) is 8.27. The van der Waals surface area contributed by atoms with Gasteiger partial charge in [-0.05, 0) is 35.0 Å². The predicted octanol–water partition coefficient (Wildman–Crippen LogP) is 2.91. The minimum absolute atomic E-state index is 0.192. The first-order valence-corrected chi connectivity index (χ1v) is 5.23. The van der Waals surface area contributed by atoms with Crippen molar-refractivity contribution in [3.63, 3.8) is 0 Å². The van der Waals surface area contributed by atoms with Crippen molar-refractivity contribution in [1.82, 2.24) is 4.98 Å². The number of rotatable bonds is 3. The first kappa shape index (κ1) is 11.7. The fourth-order valence-electron chi connectivity index (χ4n) is 0.872. The number of pyridine rings is 1. The van der Waals surface area contributed by atoms with Crippen molar-refractivity contribution >= 4 is 27.7 Å². The number of allylic oxidation sites excluding steroid dienone is 3. The Morgan fingerprint density at radius 2 is 2.27 bits per heavy atom. The maximum absolute atomic E-state index is 11.3. The van der Waals surface area contributed by atoms with Crippen LogP contribution in [0.25, 0.3) is 0 Å². The number of carbonyl (C=O) groups is 1. The van der Waals surface area contributed by atoms with E-state index in [1.54, 1.807) is 24.4 Å². The number of amides is 1. The normalized spacial score (nSPS) is 11.1. The second kappa shape index (κ2) is 6.14. The number of hydrogen-bond acceptors (Lipinski definition) is 2. The van der Waals surface area contributed by atoms with Gasteiger partial charge in [-0.2, -0.15) is 0 Å². The number of nitrogens with one attached hydrogen (secondary N) is 1. The Balaban J connectivity index is 2.55. The molecule has 0 atom stereocenters. The van der Waals surface area contributed by atoms with Crippen LogP contribution < -0.4 is 5.32 Å². The van der Waals surface area contributed by atoms with Gasteiger partial charge in [0.15, 0.2) is 0 Å². The molecule has 0 saturated heterocycles. The summed E-state index contributed by atoms with van der Waals surface area (Å²) in [5.74, 6) is 0.344. The monoisotopic (exact) mass is 266 g/mol. The van der Waals surface area contributed by atoms with E-state index in [1.807, 2.05) is 19.1 Å². The first-order valence-electron chi connectivity index (χ1n) is 4.44. The molecule has 1 amide bonds. The Kier molecular flexibility index (Phi) is 4.77. The molecule has 78 valence electrons. The molecule has 0 saturated carbocycles. The summed E-state index contributed by atoms with van der Waals surface area (Å²) in [6, 6.07) is 3.55. The molecule has 0 radical (unpaired) electrons. The first-order chi connectivity index (χ1) is 7.22. The average molecular weight is 267 g/mol. The quantitative estimate of drug-likeness (QED) is 0.675. The zero-order chi connectivity index (χ0) is 11.1. The van der Waals surface area contributed by atoms with Crippen molar-refractivity contribution in [3.8, 4) is 0 Å². The lowest BCUT2D eigenvalue weighted by molar-refractivity contribution is -0.111.